The molecule has 1 amide bonds. The monoisotopic (exact) mass is 307 g/mol. The zero-order chi connectivity index (χ0) is 13.1. The summed E-state index contributed by atoms with van der Waals surface area (Å²) in [5.41, 5.74) is 0.616. The number of nitrogens with zero attached hydrogens (tertiary/aromatic N) is 1. The van der Waals surface area contributed by atoms with Gasteiger partial charge in [0.15, 0.2) is 0 Å². The zero-order valence-corrected chi connectivity index (χ0v) is 11.8. The van der Waals surface area contributed by atoms with Crippen molar-refractivity contribution in [1.82, 2.24) is 4.90 Å². The Balaban J connectivity index is 2.14. The Morgan fingerprint density at radius 3 is 2.28 bits per heavy atom. The topological polar surface area (TPSA) is 29.5 Å². The van der Waals surface area contributed by atoms with Gasteiger partial charge in [-0.05, 0) is 23.8 Å². The van der Waals surface area contributed by atoms with E-state index in [0.29, 0.717) is 41.9 Å². The van der Waals surface area contributed by atoms with Gasteiger partial charge >= 0.3 is 0 Å². The standard InChI is InChI=1S/C12H12Cl3NO2/c13-9-5-8(6-10(14)7-9)11(15)12(17)16-1-3-18-4-2-16/h5-7,11H,1-4H2. The van der Waals surface area contributed by atoms with Crippen LogP contribution in [-0.2, 0) is 9.53 Å². The molecule has 3 nitrogen and oxygen atoms in total. The number of ether oxygens (including phenoxy) is 1. The molecule has 0 aromatic heterocycles. The van der Waals surface area contributed by atoms with E-state index in [1.807, 2.05) is 0 Å². The van der Waals surface area contributed by atoms with E-state index in [4.69, 9.17) is 39.5 Å². The predicted molar refractivity (Wildman–Crippen MR) is 72.5 cm³/mol. The first-order chi connectivity index (χ1) is 8.58. The molecule has 18 heavy (non-hydrogen) atoms. The highest BCUT2D eigenvalue weighted by molar-refractivity contribution is 6.35. The Morgan fingerprint density at radius 1 is 1.17 bits per heavy atom. The smallest absolute Gasteiger partial charge is 0.245 e. The molecule has 6 heteroatoms. The van der Waals surface area contributed by atoms with Gasteiger partial charge in [-0.2, -0.15) is 0 Å². The molecule has 1 aromatic rings. The average Bonchev–Trinajstić information content (AvgIpc) is 2.37. The lowest BCUT2D eigenvalue weighted by molar-refractivity contribution is -0.134. The quantitative estimate of drug-likeness (QED) is 0.786. The first-order valence-electron chi connectivity index (χ1n) is 5.54. The van der Waals surface area contributed by atoms with Crippen LogP contribution in [-0.4, -0.2) is 37.1 Å². The molecule has 0 aliphatic carbocycles. The molecule has 2 rings (SSSR count). The largest absolute Gasteiger partial charge is 0.378 e. The molecule has 1 unspecified atom stereocenters. The van der Waals surface area contributed by atoms with Gasteiger partial charge in [0.25, 0.3) is 0 Å². The number of hydrogen-bond donors (Lipinski definition) is 0. The first-order valence-corrected chi connectivity index (χ1v) is 6.74. The average molecular weight is 309 g/mol. The Bertz CT molecular complexity index is 427. The predicted octanol–water partition coefficient (Wildman–Crippen LogP) is 3.13. The van der Waals surface area contributed by atoms with Gasteiger partial charge in [-0.25, -0.2) is 0 Å². The summed E-state index contributed by atoms with van der Waals surface area (Å²) in [4.78, 5) is 13.9. The SMILES string of the molecule is O=C(C(Cl)c1cc(Cl)cc(Cl)c1)N1CCOCC1. The van der Waals surface area contributed by atoms with E-state index in [2.05, 4.69) is 0 Å². The zero-order valence-electron chi connectivity index (χ0n) is 9.54. The van der Waals surface area contributed by atoms with Crippen LogP contribution in [0.4, 0.5) is 0 Å². The van der Waals surface area contributed by atoms with Crippen LogP contribution in [0.5, 0.6) is 0 Å². The van der Waals surface area contributed by atoms with E-state index in [1.54, 1.807) is 23.1 Å². The van der Waals surface area contributed by atoms with Gasteiger partial charge < -0.3 is 9.64 Å². The van der Waals surface area contributed by atoms with Crippen LogP contribution in [0.15, 0.2) is 18.2 Å². The van der Waals surface area contributed by atoms with Crippen molar-refractivity contribution in [2.24, 2.45) is 0 Å². The van der Waals surface area contributed by atoms with E-state index in [9.17, 15) is 4.79 Å². The summed E-state index contributed by atoms with van der Waals surface area (Å²) in [5.74, 6) is -0.140. The highest BCUT2D eigenvalue weighted by Crippen LogP contribution is 2.29. The van der Waals surface area contributed by atoms with Gasteiger partial charge in [-0.1, -0.05) is 23.2 Å². The molecule has 1 atom stereocenters. The summed E-state index contributed by atoms with van der Waals surface area (Å²) in [5, 5.41) is 0.176. The van der Waals surface area contributed by atoms with Crippen LogP contribution >= 0.6 is 34.8 Å². The molecule has 1 heterocycles. The second-order valence-corrected chi connectivity index (χ2v) is 5.31. The summed E-state index contributed by atoms with van der Waals surface area (Å²) in [6, 6.07) is 4.92. The molecule has 1 fully saturated rings. The molecular formula is C12H12Cl3NO2. The maximum absolute atomic E-state index is 12.2. The lowest BCUT2D eigenvalue weighted by Crippen LogP contribution is -2.42. The maximum atomic E-state index is 12.2. The number of morpholine rings is 1. The van der Waals surface area contributed by atoms with Crippen LogP contribution in [0.3, 0.4) is 0 Å². The third-order valence-electron chi connectivity index (χ3n) is 2.72. The van der Waals surface area contributed by atoms with Crippen LogP contribution < -0.4 is 0 Å². The summed E-state index contributed by atoms with van der Waals surface area (Å²) in [6.07, 6.45) is 0. The van der Waals surface area contributed by atoms with Crippen molar-refractivity contribution in [3.63, 3.8) is 0 Å². The third kappa shape index (κ3) is 3.29. The summed E-state index contributed by atoms with van der Waals surface area (Å²) in [6.45, 7) is 2.23. The fraction of sp³-hybridized carbons (Fsp3) is 0.417. The molecule has 1 saturated heterocycles. The van der Waals surface area contributed by atoms with Gasteiger partial charge in [0, 0.05) is 23.1 Å². The van der Waals surface area contributed by atoms with E-state index >= 15 is 0 Å². The van der Waals surface area contributed by atoms with Gasteiger partial charge in [-0.15, -0.1) is 11.6 Å². The number of carbonyl (C=O) groups excluding carboxylic acids is 1. The molecule has 1 aliphatic heterocycles. The number of halogens is 3. The minimum atomic E-state index is -0.765. The van der Waals surface area contributed by atoms with Crippen LogP contribution in [0.1, 0.15) is 10.9 Å². The highest BCUT2D eigenvalue weighted by atomic mass is 35.5. The molecule has 1 aromatic carbocycles. The number of rotatable bonds is 2. The molecule has 0 spiro atoms. The van der Waals surface area contributed by atoms with Crippen LogP contribution in [0.25, 0.3) is 0 Å². The van der Waals surface area contributed by atoms with E-state index < -0.39 is 5.38 Å². The van der Waals surface area contributed by atoms with Crippen molar-refractivity contribution in [2.45, 2.75) is 5.38 Å². The van der Waals surface area contributed by atoms with E-state index in [0.717, 1.165) is 0 Å². The van der Waals surface area contributed by atoms with Crippen molar-refractivity contribution < 1.29 is 9.53 Å². The lowest BCUT2D eigenvalue weighted by atomic mass is 10.1. The number of benzene rings is 1. The van der Waals surface area contributed by atoms with Crippen molar-refractivity contribution in [3.05, 3.63) is 33.8 Å². The normalized spacial score (nSPS) is 17.6. The minimum absolute atomic E-state index is 0.140. The lowest BCUT2D eigenvalue weighted by Gasteiger charge is -2.28. The Hall–Kier alpha value is -0.480. The van der Waals surface area contributed by atoms with E-state index in [-0.39, 0.29) is 5.91 Å². The first kappa shape index (κ1) is 13.9. The van der Waals surface area contributed by atoms with Gasteiger partial charge in [0.1, 0.15) is 5.38 Å². The minimum Gasteiger partial charge on any atom is -0.378 e. The Morgan fingerprint density at radius 2 is 1.72 bits per heavy atom. The summed E-state index contributed by atoms with van der Waals surface area (Å²) in [7, 11) is 0. The highest BCUT2D eigenvalue weighted by Gasteiger charge is 2.25. The molecule has 1 aliphatic rings. The molecule has 0 saturated carbocycles. The van der Waals surface area contributed by atoms with Gasteiger partial charge in [-0.3, -0.25) is 4.79 Å². The molecule has 0 radical (unpaired) electrons. The fourth-order valence-electron chi connectivity index (χ4n) is 1.81. The van der Waals surface area contributed by atoms with Crippen molar-refractivity contribution in [3.8, 4) is 0 Å². The van der Waals surface area contributed by atoms with Gasteiger partial charge in [0.2, 0.25) is 5.91 Å². The number of hydrogen-bond acceptors (Lipinski definition) is 2. The second kappa shape index (κ2) is 6.11. The van der Waals surface area contributed by atoms with Crippen molar-refractivity contribution in [2.75, 3.05) is 26.3 Å². The summed E-state index contributed by atoms with van der Waals surface area (Å²) < 4.78 is 5.19. The van der Waals surface area contributed by atoms with Crippen LogP contribution in [0.2, 0.25) is 10.0 Å². The van der Waals surface area contributed by atoms with Crippen molar-refractivity contribution >= 4 is 40.7 Å². The number of amides is 1. The number of alkyl halides is 1. The molecule has 0 bridgehead atoms. The Labute approximate surface area is 121 Å². The van der Waals surface area contributed by atoms with Gasteiger partial charge in [0.05, 0.1) is 13.2 Å². The van der Waals surface area contributed by atoms with Crippen LogP contribution in [0, 0.1) is 0 Å². The third-order valence-corrected chi connectivity index (χ3v) is 3.59. The molecule has 0 N–H and O–H groups in total. The maximum Gasteiger partial charge on any atom is 0.245 e. The van der Waals surface area contributed by atoms with E-state index in [1.165, 1.54) is 0 Å². The second-order valence-electron chi connectivity index (χ2n) is 4.00. The Kier molecular flexibility index (Phi) is 4.73. The molecular weight excluding hydrogens is 296 g/mol. The van der Waals surface area contributed by atoms with Crippen molar-refractivity contribution in [1.29, 1.82) is 0 Å². The number of carbonyl (C=O) groups is 1. The fourth-order valence-corrected chi connectivity index (χ4v) is 2.62. The summed E-state index contributed by atoms with van der Waals surface area (Å²) >= 11 is 18.0. The molecule has 98 valence electrons.